The Morgan fingerprint density at radius 1 is 0.359 bits per heavy atom. The second kappa shape index (κ2) is 9.90. The Hall–Kier alpha value is -4.67. The lowest BCUT2D eigenvalue weighted by atomic mass is 10.00. The summed E-state index contributed by atoms with van der Waals surface area (Å²) in [5, 5.41) is 4.76. The molecule has 0 radical (unpaired) electrons. The van der Waals surface area contributed by atoms with Gasteiger partial charge >= 0.3 is 0 Å². The Morgan fingerprint density at radius 3 is 1.62 bits per heavy atom. The van der Waals surface area contributed by atoms with Crippen LogP contribution in [0, 0.1) is 0 Å². The molecule has 7 rings (SSSR count). The van der Waals surface area contributed by atoms with E-state index in [0.717, 1.165) is 37.5 Å². The minimum atomic E-state index is 0.643. The molecule has 0 aliphatic heterocycles. The highest BCUT2D eigenvalue weighted by atomic mass is 79.9. The fourth-order valence-corrected chi connectivity index (χ4v) is 5.53. The molecule has 0 amide bonds. The lowest BCUT2D eigenvalue weighted by Gasteiger charge is -2.10. The number of fused-ring (bicyclic) bond motifs is 2. The molecular weight excluding hydrogens is 542 g/mol. The molecule has 1 aromatic heterocycles. The minimum absolute atomic E-state index is 0.643. The maximum absolute atomic E-state index is 4.95. The predicted molar refractivity (Wildman–Crippen MR) is 164 cm³/mol. The molecule has 0 saturated heterocycles. The molecule has 39 heavy (non-hydrogen) atoms. The summed E-state index contributed by atoms with van der Waals surface area (Å²) in [6.07, 6.45) is 0. The van der Waals surface area contributed by atoms with Gasteiger partial charge in [0.05, 0.1) is 0 Å². The molecule has 0 aliphatic carbocycles. The number of benzene rings is 6. The predicted octanol–water partition coefficient (Wildman–Crippen LogP) is 9.61. The van der Waals surface area contributed by atoms with Crippen molar-refractivity contribution in [3.05, 3.63) is 138 Å². The summed E-state index contributed by atoms with van der Waals surface area (Å²) in [4.78, 5) is 14.7. The summed E-state index contributed by atoms with van der Waals surface area (Å²) in [7, 11) is 0. The number of nitrogens with zero attached hydrogens (tertiary/aromatic N) is 3. The van der Waals surface area contributed by atoms with Crippen LogP contribution < -0.4 is 0 Å². The highest BCUT2D eigenvalue weighted by molar-refractivity contribution is 9.10. The zero-order valence-corrected chi connectivity index (χ0v) is 22.5. The molecule has 0 N–H and O–H groups in total. The summed E-state index contributed by atoms with van der Waals surface area (Å²) in [5.41, 5.74) is 5.17. The van der Waals surface area contributed by atoms with E-state index in [0.29, 0.717) is 17.5 Å². The van der Waals surface area contributed by atoms with Crippen molar-refractivity contribution in [2.45, 2.75) is 0 Å². The van der Waals surface area contributed by atoms with Gasteiger partial charge in [-0.2, -0.15) is 0 Å². The van der Waals surface area contributed by atoms with Crippen molar-refractivity contribution in [2.75, 3.05) is 0 Å². The van der Waals surface area contributed by atoms with Gasteiger partial charge in [-0.05, 0) is 50.9 Å². The molecule has 0 saturated carbocycles. The van der Waals surface area contributed by atoms with Crippen LogP contribution in [0.4, 0.5) is 0 Å². The zero-order chi connectivity index (χ0) is 26.2. The van der Waals surface area contributed by atoms with Gasteiger partial charge < -0.3 is 0 Å². The average molecular weight is 564 g/mol. The van der Waals surface area contributed by atoms with Crippen LogP contribution in [-0.4, -0.2) is 15.0 Å². The first kappa shape index (κ1) is 23.4. The lowest BCUT2D eigenvalue weighted by molar-refractivity contribution is 1.07. The van der Waals surface area contributed by atoms with Crippen LogP contribution in [0.25, 0.3) is 66.8 Å². The Labute approximate surface area is 235 Å². The van der Waals surface area contributed by atoms with E-state index in [1.807, 2.05) is 42.5 Å². The number of aromatic nitrogens is 3. The van der Waals surface area contributed by atoms with Crippen LogP contribution in [0.15, 0.2) is 138 Å². The third-order valence-electron chi connectivity index (χ3n) is 6.96. The third-order valence-corrected chi connectivity index (χ3v) is 7.62. The summed E-state index contributed by atoms with van der Waals surface area (Å²) < 4.78 is 1.01. The van der Waals surface area contributed by atoms with Gasteiger partial charge in [0, 0.05) is 21.2 Å². The second-order valence-electron chi connectivity index (χ2n) is 9.49. The van der Waals surface area contributed by atoms with Crippen molar-refractivity contribution in [3.63, 3.8) is 0 Å². The van der Waals surface area contributed by atoms with Crippen molar-refractivity contribution >= 4 is 37.5 Å². The molecule has 4 heteroatoms. The molecule has 0 fully saturated rings. The number of halogens is 1. The van der Waals surface area contributed by atoms with Crippen molar-refractivity contribution in [2.24, 2.45) is 0 Å². The monoisotopic (exact) mass is 563 g/mol. The van der Waals surface area contributed by atoms with E-state index in [2.05, 4.69) is 107 Å². The standard InChI is InChI=1S/C35H22BrN3/c36-32-22-30(21-29-12-6-7-13-31(29)32)35-38-33(25-9-2-1-3-10-25)37-34(39-35)26-17-14-24(15-18-26)28-19-16-23-8-4-5-11-27(23)20-28/h1-22H. The summed E-state index contributed by atoms with van der Waals surface area (Å²) in [6.45, 7) is 0. The van der Waals surface area contributed by atoms with E-state index in [4.69, 9.17) is 15.0 Å². The Bertz CT molecular complexity index is 1970. The topological polar surface area (TPSA) is 38.7 Å². The average Bonchev–Trinajstić information content (AvgIpc) is 3.01. The molecule has 0 aliphatic rings. The Balaban J connectivity index is 1.33. The first-order chi connectivity index (χ1) is 19.2. The Morgan fingerprint density at radius 2 is 0.872 bits per heavy atom. The van der Waals surface area contributed by atoms with Crippen molar-refractivity contribution in [3.8, 4) is 45.3 Å². The van der Waals surface area contributed by atoms with Crippen LogP contribution in [0.2, 0.25) is 0 Å². The third kappa shape index (κ3) is 4.60. The summed E-state index contributed by atoms with van der Waals surface area (Å²) >= 11 is 3.75. The van der Waals surface area contributed by atoms with Crippen molar-refractivity contribution < 1.29 is 0 Å². The quantitative estimate of drug-likeness (QED) is 0.214. The van der Waals surface area contributed by atoms with E-state index >= 15 is 0 Å². The van der Waals surface area contributed by atoms with E-state index in [-0.39, 0.29) is 0 Å². The molecule has 0 bridgehead atoms. The fourth-order valence-electron chi connectivity index (χ4n) is 4.92. The van der Waals surface area contributed by atoms with Crippen LogP contribution in [0.5, 0.6) is 0 Å². The maximum atomic E-state index is 4.95. The van der Waals surface area contributed by atoms with Gasteiger partial charge in [0.1, 0.15) is 0 Å². The largest absolute Gasteiger partial charge is 0.208 e. The smallest absolute Gasteiger partial charge is 0.164 e. The van der Waals surface area contributed by atoms with Gasteiger partial charge in [-0.15, -0.1) is 0 Å². The molecule has 0 unspecified atom stereocenters. The van der Waals surface area contributed by atoms with E-state index < -0.39 is 0 Å². The van der Waals surface area contributed by atoms with Gasteiger partial charge in [-0.3, -0.25) is 0 Å². The SMILES string of the molecule is Brc1cc(-c2nc(-c3ccccc3)nc(-c3ccc(-c4ccc5ccccc5c4)cc3)n2)cc2ccccc12. The molecule has 184 valence electrons. The Kier molecular flexibility index (Phi) is 5.95. The fraction of sp³-hybridized carbons (Fsp3) is 0. The van der Waals surface area contributed by atoms with Gasteiger partial charge in [0.15, 0.2) is 17.5 Å². The minimum Gasteiger partial charge on any atom is -0.208 e. The first-order valence-electron chi connectivity index (χ1n) is 12.8. The van der Waals surface area contributed by atoms with E-state index in [1.165, 1.54) is 16.3 Å². The van der Waals surface area contributed by atoms with Crippen LogP contribution >= 0.6 is 15.9 Å². The number of hydrogen-bond acceptors (Lipinski definition) is 3. The van der Waals surface area contributed by atoms with Crippen molar-refractivity contribution in [1.82, 2.24) is 15.0 Å². The van der Waals surface area contributed by atoms with Gasteiger partial charge in [-0.25, -0.2) is 15.0 Å². The van der Waals surface area contributed by atoms with Gasteiger partial charge in [0.2, 0.25) is 0 Å². The molecule has 6 aromatic carbocycles. The molecule has 7 aromatic rings. The molecule has 0 spiro atoms. The molecule has 1 heterocycles. The summed E-state index contributed by atoms with van der Waals surface area (Å²) in [6, 6.07) is 46.0. The van der Waals surface area contributed by atoms with E-state index in [1.54, 1.807) is 0 Å². The highest BCUT2D eigenvalue weighted by Crippen LogP contribution is 2.32. The van der Waals surface area contributed by atoms with Crippen LogP contribution in [0.1, 0.15) is 0 Å². The number of hydrogen-bond donors (Lipinski definition) is 0. The lowest BCUT2D eigenvalue weighted by Crippen LogP contribution is -2.00. The van der Waals surface area contributed by atoms with E-state index in [9.17, 15) is 0 Å². The highest BCUT2D eigenvalue weighted by Gasteiger charge is 2.14. The second-order valence-corrected chi connectivity index (χ2v) is 10.3. The summed E-state index contributed by atoms with van der Waals surface area (Å²) in [5.74, 6) is 1.94. The van der Waals surface area contributed by atoms with Gasteiger partial charge in [0.25, 0.3) is 0 Å². The normalized spacial score (nSPS) is 11.2. The van der Waals surface area contributed by atoms with Gasteiger partial charge in [-0.1, -0.05) is 131 Å². The molecule has 3 nitrogen and oxygen atoms in total. The zero-order valence-electron chi connectivity index (χ0n) is 20.9. The molecular formula is C35H22BrN3. The number of rotatable bonds is 4. The van der Waals surface area contributed by atoms with Crippen LogP contribution in [-0.2, 0) is 0 Å². The van der Waals surface area contributed by atoms with Crippen LogP contribution in [0.3, 0.4) is 0 Å². The first-order valence-corrected chi connectivity index (χ1v) is 13.6. The van der Waals surface area contributed by atoms with Crippen molar-refractivity contribution in [1.29, 1.82) is 0 Å². The maximum Gasteiger partial charge on any atom is 0.164 e. The molecule has 0 atom stereocenters.